The van der Waals surface area contributed by atoms with Gasteiger partial charge in [0.15, 0.2) is 0 Å². The van der Waals surface area contributed by atoms with Crippen molar-refractivity contribution in [1.29, 1.82) is 0 Å². The van der Waals surface area contributed by atoms with Gasteiger partial charge in [-0.2, -0.15) is 0 Å². The number of ether oxygens (including phenoxy) is 1. The largest absolute Gasteiger partial charge is 0.494 e. The Bertz CT molecular complexity index is 1290. The number of nitro benzene ring substituents is 1. The molecule has 4 rings (SSSR count). The lowest BCUT2D eigenvalue weighted by Gasteiger charge is -2.14. The lowest BCUT2D eigenvalue weighted by atomic mass is 10.1. The Kier molecular flexibility index (Phi) is 5.95. The predicted molar refractivity (Wildman–Crippen MR) is 120 cm³/mol. The molecule has 0 aliphatic heterocycles. The Hall–Kier alpha value is -3.71. The van der Waals surface area contributed by atoms with E-state index in [1.165, 1.54) is 12.1 Å². The molecule has 0 fully saturated rings. The number of para-hydroxylation sites is 1. The third-order valence-corrected chi connectivity index (χ3v) is 5.06. The van der Waals surface area contributed by atoms with Gasteiger partial charge >= 0.3 is 0 Å². The summed E-state index contributed by atoms with van der Waals surface area (Å²) in [4.78, 5) is 28.1. The van der Waals surface area contributed by atoms with E-state index in [4.69, 9.17) is 21.3 Å². The summed E-state index contributed by atoms with van der Waals surface area (Å²) >= 11 is 6.01. The molecule has 0 unspecified atom stereocenters. The lowest BCUT2D eigenvalue weighted by Crippen LogP contribution is -2.24. The van der Waals surface area contributed by atoms with E-state index in [-0.39, 0.29) is 11.2 Å². The van der Waals surface area contributed by atoms with Gasteiger partial charge in [0.05, 0.1) is 22.4 Å². The van der Waals surface area contributed by atoms with Crippen molar-refractivity contribution in [3.63, 3.8) is 0 Å². The van der Waals surface area contributed by atoms with Gasteiger partial charge in [0.1, 0.15) is 11.6 Å². The molecule has 8 heteroatoms. The molecule has 0 atom stereocenters. The van der Waals surface area contributed by atoms with E-state index in [0.717, 1.165) is 5.56 Å². The van der Waals surface area contributed by atoms with Crippen LogP contribution in [0.5, 0.6) is 5.75 Å². The number of nitrogens with zero attached hydrogens (tertiary/aromatic N) is 3. The Morgan fingerprint density at radius 2 is 1.71 bits per heavy atom. The van der Waals surface area contributed by atoms with Gasteiger partial charge in [-0.3, -0.25) is 19.5 Å². The first-order chi connectivity index (χ1) is 15.0. The number of halogens is 1. The van der Waals surface area contributed by atoms with Gasteiger partial charge in [-0.1, -0.05) is 23.7 Å². The SMILES string of the molecule is O=c1c2ccccc2nc(-c2ccc(Cl)cc2)n1CCCOc1ccc([N+](=O)[O-])cc1. The second-order valence-corrected chi connectivity index (χ2v) is 7.31. The first-order valence-electron chi connectivity index (χ1n) is 9.66. The van der Waals surface area contributed by atoms with Crippen molar-refractivity contribution in [3.05, 3.63) is 98.3 Å². The highest BCUT2D eigenvalue weighted by Crippen LogP contribution is 2.22. The Morgan fingerprint density at radius 3 is 2.42 bits per heavy atom. The lowest BCUT2D eigenvalue weighted by molar-refractivity contribution is -0.384. The standard InChI is InChI=1S/C23H18ClN3O4/c24-17-8-6-16(7-9-17)22-25-21-5-2-1-4-20(21)23(28)26(22)14-3-15-31-19-12-10-18(11-13-19)27(29)30/h1-2,4-13H,3,14-15H2. The average molecular weight is 436 g/mol. The quantitative estimate of drug-likeness (QED) is 0.229. The van der Waals surface area contributed by atoms with Crippen LogP contribution in [0, 0.1) is 10.1 Å². The number of benzene rings is 3. The van der Waals surface area contributed by atoms with Crippen LogP contribution in [0.4, 0.5) is 5.69 Å². The topological polar surface area (TPSA) is 87.3 Å². The van der Waals surface area contributed by atoms with Crippen molar-refractivity contribution < 1.29 is 9.66 Å². The van der Waals surface area contributed by atoms with Gasteiger partial charge in [0.2, 0.25) is 0 Å². The van der Waals surface area contributed by atoms with Crippen molar-refractivity contribution in [2.24, 2.45) is 0 Å². The highest BCUT2D eigenvalue weighted by molar-refractivity contribution is 6.30. The van der Waals surface area contributed by atoms with E-state index < -0.39 is 4.92 Å². The van der Waals surface area contributed by atoms with Crippen molar-refractivity contribution in [1.82, 2.24) is 9.55 Å². The van der Waals surface area contributed by atoms with Crippen molar-refractivity contribution in [2.75, 3.05) is 6.61 Å². The highest BCUT2D eigenvalue weighted by Gasteiger charge is 2.13. The van der Waals surface area contributed by atoms with Crippen LogP contribution in [0.1, 0.15) is 6.42 Å². The number of fused-ring (bicyclic) bond motifs is 1. The molecule has 0 aliphatic rings. The van der Waals surface area contributed by atoms with E-state index >= 15 is 0 Å². The zero-order valence-electron chi connectivity index (χ0n) is 16.4. The van der Waals surface area contributed by atoms with Gasteiger partial charge in [0.25, 0.3) is 11.2 Å². The van der Waals surface area contributed by atoms with Crippen molar-refractivity contribution >= 4 is 28.2 Å². The van der Waals surface area contributed by atoms with Crippen LogP contribution >= 0.6 is 11.6 Å². The summed E-state index contributed by atoms with van der Waals surface area (Å²) < 4.78 is 7.32. The van der Waals surface area contributed by atoms with Gasteiger partial charge in [-0.05, 0) is 55.0 Å². The monoisotopic (exact) mass is 435 g/mol. The second kappa shape index (κ2) is 8.97. The smallest absolute Gasteiger partial charge is 0.269 e. The molecule has 0 aliphatic carbocycles. The highest BCUT2D eigenvalue weighted by atomic mass is 35.5. The Balaban J connectivity index is 1.56. The fourth-order valence-corrected chi connectivity index (χ4v) is 3.40. The van der Waals surface area contributed by atoms with Crippen molar-refractivity contribution in [2.45, 2.75) is 13.0 Å². The van der Waals surface area contributed by atoms with Crippen LogP contribution in [0.3, 0.4) is 0 Å². The molecular weight excluding hydrogens is 418 g/mol. The molecular formula is C23H18ClN3O4. The maximum atomic E-state index is 13.1. The van der Waals surface area contributed by atoms with E-state index in [1.54, 1.807) is 34.9 Å². The molecule has 31 heavy (non-hydrogen) atoms. The van der Waals surface area contributed by atoms with Crippen LogP contribution < -0.4 is 10.3 Å². The molecule has 3 aromatic carbocycles. The van der Waals surface area contributed by atoms with E-state index in [1.807, 2.05) is 30.3 Å². The molecule has 0 bridgehead atoms. The maximum absolute atomic E-state index is 13.1. The summed E-state index contributed by atoms with van der Waals surface area (Å²) in [6.07, 6.45) is 0.553. The van der Waals surface area contributed by atoms with Crippen LogP contribution in [-0.4, -0.2) is 21.1 Å². The first kappa shape index (κ1) is 20.6. The first-order valence-corrected chi connectivity index (χ1v) is 10.0. The van der Waals surface area contributed by atoms with Crippen LogP contribution in [0.2, 0.25) is 5.02 Å². The molecule has 0 saturated carbocycles. The minimum absolute atomic E-state index is 0.00810. The molecule has 0 radical (unpaired) electrons. The number of rotatable bonds is 7. The van der Waals surface area contributed by atoms with Crippen molar-refractivity contribution in [3.8, 4) is 17.1 Å². The van der Waals surface area contributed by atoms with E-state index in [0.29, 0.717) is 47.1 Å². The third-order valence-electron chi connectivity index (χ3n) is 4.81. The zero-order valence-corrected chi connectivity index (χ0v) is 17.2. The molecule has 1 heterocycles. The number of hydrogen-bond acceptors (Lipinski definition) is 5. The molecule has 0 N–H and O–H groups in total. The van der Waals surface area contributed by atoms with Gasteiger partial charge in [-0.25, -0.2) is 4.98 Å². The van der Waals surface area contributed by atoms with Gasteiger partial charge < -0.3 is 4.74 Å². The average Bonchev–Trinajstić information content (AvgIpc) is 2.78. The Labute approximate surface area is 182 Å². The third kappa shape index (κ3) is 4.57. The van der Waals surface area contributed by atoms with Crippen LogP contribution in [-0.2, 0) is 6.54 Å². The maximum Gasteiger partial charge on any atom is 0.269 e. The molecule has 1 aromatic heterocycles. The summed E-state index contributed by atoms with van der Waals surface area (Å²) in [6, 6.07) is 20.3. The van der Waals surface area contributed by atoms with Crippen LogP contribution in [0.15, 0.2) is 77.6 Å². The zero-order chi connectivity index (χ0) is 21.8. The summed E-state index contributed by atoms with van der Waals surface area (Å²) in [6.45, 7) is 0.749. The molecule has 0 spiro atoms. The summed E-state index contributed by atoms with van der Waals surface area (Å²) in [5.74, 6) is 1.10. The number of nitro groups is 1. The summed E-state index contributed by atoms with van der Waals surface area (Å²) in [5.41, 5.74) is 1.32. The molecule has 156 valence electrons. The predicted octanol–water partition coefficient (Wildman–Crippen LogP) is 5.09. The molecule has 0 saturated heterocycles. The number of aromatic nitrogens is 2. The normalized spacial score (nSPS) is 10.9. The van der Waals surface area contributed by atoms with Crippen LogP contribution in [0.25, 0.3) is 22.3 Å². The number of hydrogen-bond donors (Lipinski definition) is 0. The van der Waals surface area contributed by atoms with E-state index in [2.05, 4.69) is 0 Å². The molecule has 7 nitrogen and oxygen atoms in total. The van der Waals surface area contributed by atoms with Gasteiger partial charge in [-0.15, -0.1) is 0 Å². The summed E-state index contributed by atoms with van der Waals surface area (Å²) in [7, 11) is 0. The Morgan fingerprint density at radius 1 is 1.00 bits per heavy atom. The fourth-order valence-electron chi connectivity index (χ4n) is 3.27. The second-order valence-electron chi connectivity index (χ2n) is 6.87. The van der Waals surface area contributed by atoms with Gasteiger partial charge in [0, 0.05) is 29.3 Å². The molecule has 0 amide bonds. The number of non-ortho nitro benzene ring substituents is 1. The fraction of sp³-hybridized carbons (Fsp3) is 0.130. The van der Waals surface area contributed by atoms with E-state index in [9.17, 15) is 14.9 Å². The minimum atomic E-state index is -0.457. The minimum Gasteiger partial charge on any atom is -0.494 e. The molecule has 4 aromatic rings. The summed E-state index contributed by atoms with van der Waals surface area (Å²) in [5, 5.41) is 11.9.